The summed E-state index contributed by atoms with van der Waals surface area (Å²) in [4.78, 5) is 26.3. The summed E-state index contributed by atoms with van der Waals surface area (Å²) in [6, 6.07) is 14.8. The van der Waals surface area contributed by atoms with Crippen molar-refractivity contribution in [2.75, 3.05) is 5.32 Å². The van der Waals surface area contributed by atoms with Gasteiger partial charge in [0.05, 0.1) is 0 Å². The molecule has 0 spiro atoms. The first kappa shape index (κ1) is 19.7. The molecule has 0 saturated carbocycles. The molecule has 9 heteroatoms. The van der Waals surface area contributed by atoms with E-state index in [0.717, 1.165) is 9.92 Å². The van der Waals surface area contributed by atoms with Gasteiger partial charge in [0, 0.05) is 22.7 Å². The van der Waals surface area contributed by atoms with Crippen LogP contribution in [0.25, 0.3) is 11.5 Å². The van der Waals surface area contributed by atoms with Crippen molar-refractivity contribution >= 4 is 23.5 Å². The van der Waals surface area contributed by atoms with Crippen LogP contribution in [0, 0.1) is 0 Å². The van der Waals surface area contributed by atoms with Crippen LogP contribution in [-0.2, 0) is 0 Å². The van der Waals surface area contributed by atoms with Crippen LogP contribution in [0.3, 0.4) is 0 Å². The summed E-state index contributed by atoms with van der Waals surface area (Å²) in [6.07, 6.45) is 4.86. The third-order valence-corrected chi connectivity index (χ3v) is 5.16. The third-order valence-electron chi connectivity index (χ3n) is 4.22. The van der Waals surface area contributed by atoms with Gasteiger partial charge in [0.25, 0.3) is 5.91 Å². The van der Waals surface area contributed by atoms with Crippen LogP contribution in [0.5, 0.6) is 0 Å². The zero-order chi connectivity index (χ0) is 20.9. The molecule has 1 aromatic carbocycles. The molecule has 0 unspecified atom stereocenters. The van der Waals surface area contributed by atoms with E-state index in [1.54, 1.807) is 24.7 Å². The normalized spacial score (nSPS) is 10.9. The van der Waals surface area contributed by atoms with Crippen molar-refractivity contribution in [2.24, 2.45) is 0 Å². The molecule has 1 amide bonds. The lowest BCUT2D eigenvalue weighted by molar-refractivity contribution is 0.102. The number of nitrogens with one attached hydrogen (secondary N) is 1. The Balaban J connectivity index is 1.52. The molecule has 0 radical (unpaired) electrons. The van der Waals surface area contributed by atoms with Gasteiger partial charge in [-0.2, -0.15) is 0 Å². The van der Waals surface area contributed by atoms with Gasteiger partial charge in [-0.1, -0.05) is 23.9 Å². The van der Waals surface area contributed by atoms with E-state index in [0.29, 0.717) is 22.9 Å². The molecule has 4 rings (SSSR count). The average molecular weight is 417 g/mol. The van der Waals surface area contributed by atoms with Crippen molar-refractivity contribution in [3.05, 3.63) is 72.9 Å². The van der Waals surface area contributed by atoms with Gasteiger partial charge in [0.15, 0.2) is 5.82 Å². The topological polar surface area (TPSA) is 98.5 Å². The molecule has 0 fully saturated rings. The minimum absolute atomic E-state index is 0.199. The second kappa shape index (κ2) is 8.83. The maximum absolute atomic E-state index is 12.8. The van der Waals surface area contributed by atoms with Crippen LogP contribution in [0.15, 0.2) is 77.3 Å². The number of benzene rings is 1. The van der Waals surface area contributed by atoms with Crippen LogP contribution in [0.1, 0.15) is 30.2 Å². The van der Waals surface area contributed by atoms with E-state index in [9.17, 15) is 4.79 Å². The van der Waals surface area contributed by atoms with Crippen molar-refractivity contribution in [3.8, 4) is 11.5 Å². The minimum atomic E-state index is -0.241. The van der Waals surface area contributed by atoms with E-state index >= 15 is 0 Å². The van der Waals surface area contributed by atoms with Gasteiger partial charge in [-0.25, -0.2) is 15.0 Å². The second-order valence-corrected chi connectivity index (χ2v) is 7.79. The van der Waals surface area contributed by atoms with E-state index in [2.05, 4.69) is 30.5 Å². The van der Waals surface area contributed by atoms with Crippen LogP contribution >= 0.6 is 11.8 Å². The Kier molecular flexibility index (Phi) is 5.80. The summed E-state index contributed by atoms with van der Waals surface area (Å²) in [5.41, 5.74) is 1.18. The lowest BCUT2D eigenvalue weighted by Gasteiger charge is -2.11. The molecular formula is C21H19N7OS. The largest absolute Gasteiger partial charge is 0.310 e. The number of aromatic nitrogens is 6. The molecule has 4 aromatic rings. The fraction of sp³-hybridized carbons (Fsp3) is 0.143. The van der Waals surface area contributed by atoms with Gasteiger partial charge in [0.1, 0.15) is 29.2 Å². The monoisotopic (exact) mass is 417 g/mol. The van der Waals surface area contributed by atoms with Gasteiger partial charge < -0.3 is 9.88 Å². The maximum atomic E-state index is 12.8. The molecule has 0 aliphatic rings. The van der Waals surface area contributed by atoms with E-state index in [-0.39, 0.29) is 11.9 Å². The number of pyridine rings is 1. The summed E-state index contributed by atoms with van der Waals surface area (Å²) in [5, 5.41) is 11.8. The van der Waals surface area contributed by atoms with Gasteiger partial charge in [-0.3, -0.25) is 4.79 Å². The van der Waals surface area contributed by atoms with Gasteiger partial charge in [0.2, 0.25) is 0 Å². The van der Waals surface area contributed by atoms with Crippen molar-refractivity contribution in [2.45, 2.75) is 29.8 Å². The number of carbonyl (C=O) groups is 1. The van der Waals surface area contributed by atoms with Gasteiger partial charge in [-0.05, 0) is 50.2 Å². The maximum Gasteiger partial charge on any atom is 0.256 e. The van der Waals surface area contributed by atoms with Crippen LogP contribution < -0.4 is 5.32 Å². The highest BCUT2D eigenvalue weighted by atomic mass is 32.2. The van der Waals surface area contributed by atoms with Crippen LogP contribution in [0.4, 0.5) is 5.82 Å². The first-order valence-electron chi connectivity index (χ1n) is 9.32. The predicted octanol–water partition coefficient (Wildman–Crippen LogP) is 4.11. The fourth-order valence-corrected chi connectivity index (χ4v) is 3.58. The molecule has 0 aliphatic heterocycles. The SMILES string of the molecule is CC(C)n1cnnc1-c1cccc(NC(=O)c2cccc(Sc3ccncn3)c2)n1. The molecule has 3 aromatic heterocycles. The molecule has 0 bridgehead atoms. The second-order valence-electron chi connectivity index (χ2n) is 6.70. The lowest BCUT2D eigenvalue weighted by Crippen LogP contribution is -2.13. The number of anilines is 1. The predicted molar refractivity (Wildman–Crippen MR) is 114 cm³/mol. The lowest BCUT2D eigenvalue weighted by atomic mass is 10.2. The summed E-state index contributed by atoms with van der Waals surface area (Å²) in [5.74, 6) is 0.865. The number of carbonyl (C=O) groups excluding carboxylic acids is 1. The molecule has 3 heterocycles. The number of rotatable bonds is 6. The highest BCUT2D eigenvalue weighted by Crippen LogP contribution is 2.26. The smallest absolute Gasteiger partial charge is 0.256 e. The van der Waals surface area contributed by atoms with E-state index in [1.807, 2.05) is 54.8 Å². The van der Waals surface area contributed by atoms with Crippen molar-refractivity contribution < 1.29 is 4.79 Å². The van der Waals surface area contributed by atoms with Crippen LogP contribution in [0.2, 0.25) is 0 Å². The van der Waals surface area contributed by atoms with E-state index in [1.165, 1.54) is 18.1 Å². The van der Waals surface area contributed by atoms with Crippen molar-refractivity contribution in [1.29, 1.82) is 0 Å². The molecule has 150 valence electrons. The summed E-state index contributed by atoms with van der Waals surface area (Å²) >= 11 is 1.47. The zero-order valence-electron chi connectivity index (χ0n) is 16.4. The molecule has 1 N–H and O–H groups in total. The Bertz CT molecular complexity index is 1160. The fourth-order valence-electron chi connectivity index (χ4n) is 2.78. The molecule has 0 atom stereocenters. The Morgan fingerprint density at radius 1 is 1.13 bits per heavy atom. The quantitative estimate of drug-likeness (QED) is 0.471. The summed E-state index contributed by atoms with van der Waals surface area (Å²) in [6.45, 7) is 4.09. The molecular weight excluding hydrogens is 398 g/mol. The summed E-state index contributed by atoms with van der Waals surface area (Å²) < 4.78 is 1.93. The first-order valence-corrected chi connectivity index (χ1v) is 10.1. The van der Waals surface area contributed by atoms with Crippen molar-refractivity contribution in [1.82, 2.24) is 29.7 Å². The molecule has 8 nitrogen and oxygen atoms in total. The van der Waals surface area contributed by atoms with Gasteiger partial charge in [-0.15, -0.1) is 10.2 Å². The summed E-state index contributed by atoms with van der Waals surface area (Å²) in [7, 11) is 0. The Labute approximate surface area is 177 Å². The average Bonchev–Trinajstić information content (AvgIpc) is 3.25. The Hall–Kier alpha value is -3.59. The van der Waals surface area contributed by atoms with Crippen molar-refractivity contribution in [3.63, 3.8) is 0 Å². The standard InChI is InChI=1S/C21H19N7OS/c1-14(2)28-13-24-27-20(28)17-7-4-8-18(25-17)26-21(29)15-5-3-6-16(11-15)30-19-9-10-22-12-23-19/h3-14H,1-2H3,(H,25,26,29). The highest BCUT2D eigenvalue weighted by molar-refractivity contribution is 7.99. The number of hydrogen-bond acceptors (Lipinski definition) is 7. The van der Waals surface area contributed by atoms with E-state index in [4.69, 9.17) is 0 Å². The number of hydrogen-bond donors (Lipinski definition) is 1. The minimum Gasteiger partial charge on any atom is -0.310 e. The van der Waals surface area contributed by atoms with E-state index < -0.39 is 0 Å². The molecule has 30 heavy (non-hydrogen) atoms. The third kappa shape index (κ3) is 4.52. The zero-order valence-corrected chi connectivity index (χ0v) is 17.2. The molecule has 0 saturated heterocycles. The Morgan fingerprint density at radius 2 is 2.00 bits per heavy atom. The van der Waals surface area contributed by atoms with Gasteiger partial charge >= 0.3 is 0 Å². The number of nitrogens with zero attached hydrogens (tertiary/aromatic N) is 6. The number of amides is 1. The van der Waals surface area contributed by atoms with Crippen LogP contribution in [-0.4, -0.2) is 35.6 Å². The first-order chi connectivity index (χ1) is 14.6. The highest BCUT2D eigenvalue weighted by Gasteiger charge is 2.13. The Morgan fingerprint density at radius 3 is 2.80 bits per heavy atom. The molecule has 0 aliphatic carbocycles.